The lowest BCUT2D eigenvalue weighted by Crippen LogP contribution is -2.60. The molecule has 0 radical (unpaired) electrons. The number of aldehydes is 1. The van der Waals surface area contributed by atoms with Gasteiger partial charge < -0.3 is 19.7 Å². The predicted molar refractivity (Wildman–Crippen MR) is 76.3 cm³/mol. The second-order valence-corrected chi connectivity index (χ2v) is 7.18. The lowest BCUT2D eigenvalue weighted by molar-refractivity contribution is -0.152. The van der Waals surface area contributed by atoms with Gasteiger partial charge in [0.15, 0.2) is 0 Å². The highest BCUT2D eigenvalue weighted by Gasteiger charge is 2.53. The first-order valence-electron chi connectivity index (χ1n) is 7.27. The van der Waals surface area contributed by atoms with Crippen LogP contribution in [0.15, 0.2) is 0 Å². The van der Waals surface area contributed by atoms with Crippen molar-refractivity contribution in [2.24, 2.45) is 22.7 Å². The summed E-state index contributed by atoms with van der Waals surface area (Å²) in [6, 6.07) is 0. The topological polar surface area (TPSA) is 58.6 Å². The number of likely N-dealkylation sites (tertiary alicyclic amines) is 1. The Morgan fingerprint density at radius 2 is 2.00 bits per heavy atom. The third-order valence-electron chi connectivity index (χ3n) is 4.97. The van der Waals surface area contributed by atoms with E-state index < -0.39 is 0 Å². The minimum Gasteiger partial charge on any atom is -0.469 e. The van der Waals surface area contributed by atoms with Crippen molar-refractivity contribution in [1.82, 2.24) is 10.2 Å². The molecule has 1 spiro atoms. The van der Waals surface area contributed by atoms with Crippen LogP contribution in [0.25, 0.3) is 0 Å². The quantitative estimate of drug-likeness (QED) is 0.592. The first-order valence-corrected chi connectivity index (χ1v) is 7.27. The van der Waals surface area contributed by atoms with Gasteiger partial charge in [0.25, 0.3) is 0 Å². The maximum Gasteiger partial charge on any atom is 0.310 e. The second-order valence-electron chi connectivity index (χ2n) is 7.18. The van der Waals surface area contributed by atoms with Crippen LogP contribution in [0, 0.1) is 22.7 Å². The maximum atomic E-state index is 11.4. The molecule has 0 aromatic carbocycles. The molecule has 0 aromatic rings. The Morgan fingerprint density at radius 3 is 2.35 bits per heavy atom. The molecule has 3 fully saturated rings. The number of methoxy groups -OCH3 is 1. The Bertz CT molecular complexity index is 389. The lowest BCUT2D eigenvalue weighted by Gasteiger charge is -2.48. The number of nitrogens with one attached hydrogen (secondary N) is 1. The third kappa shape index (κ3) is 2.88. The van der Waals surface area contributed by atoms with Gasteiger partial charge in [-0.3, -0.25) is 4.79 Å². The number of nitrogens with zero attached hydrogens (tertiary/aromatic N) is 1. The zero-order valence-corrected chi connectivity index (χ0v) is 12.9. The van der Waals surface area contributed by atoms with Crippen LogP contribution in [0.1, 0.15) is 20.3 Å². The number of ether oxygens (including phenoxy) is 1. The molecule has 1 N–H and O–H groups in total. The van der Waals surface area contributed by atoms with Gasteiger partial charge in [0.1, 0.15) is 6.29 Å². The molecule has 3 rings (SSSR count). The van der Waals surface area contributed by atoms with E-state index in [1.54, 1.807) is 0 Å². The van der Waals surface area contributed by atoms with Gasteiger partial charge in [-0.2, -0.15) is 0 Å². The Balaban J connectivity index is 0.000000178. The van der Waals surface area contributed by atoms with E-state index in [2.05, 4.69) is 31.1 Å². The van der Waals surface area contributed by atoms with Gasteiger partial charge >= 0.3 is 5.97 Å². The normalized spacial score (nSPS) is 32.8. The number of rotatable bonds is 2. The van der Waals surface area contributed by atoms with Gasteiger partial charge in [0.2, 0.25) is 0 Å². The van der Waals surface area contributed by atoms with E-state index >= 15 is 0 Å². The molecule has 5 nitrogen and oxygen atoms in total. The number of hydrogen-bond acceptors (Lipinski definition) is 5. The zero-order chi connectivity index (χ0) is 15.0. The van der Waals surface area contributed by atoms with E-state index in [1.807, 2.05) is 0 Å². The van der Waals surface area contributed by atoms with Crippen molar-refractivity contribution in [2.45, 2.75) is 20.3 Å². The minimum atomic E-state index is -0.0573. The van der Waals surface area contributed by atoms with Gasteiger partial charge in [-0.25, -0.2) is 0 Å². The van der Waals surface area contributed by atoms with Crippen LogP contribution in [-0.4, -0.2) is 57.5 Å². The van der Waals surface area contributed by atoms with Crippen molar-refractivity contribution in [3.8, 4) is 0 Å². The van der Waals surface area contributed by atoms with Crippen LogP contribution in [0.2, 0.25) is 0 Å². The van der Waals surface area contributed by atoms with Crippen LogP contribution >= 0.6 is 0 Å². The summed E-state index contributed by atoms with van der Waals surface area (Å²) in [7, 11) is 3.55. The van der Waals surface area contributed by atoms with Crippen molar-refractivity contribution < 1.29 is 14.3 Å². The summed E-state index contributed by atoms with van der Waals surface area (Å²) in [5.41, 5.74) is 0.517. The highest BCUT2D eigenvalue weighted by Crippen LogP contribution is 2.49. The molecule has 0 amide bonds. The van der Waals surface area contributed by atoms with Crippen LogP contribution in [0.3, 0.4) is 0 Å². The van der Waals surface area contributed by atoms with E-state index in [4.69, 9.17) is 4.74 Å². The molecule has 20 heavy (non-hydrogen) atoms. The highest BCUT2D eigenvalue weighted by molar-refractivity contribution is 5.74. The molecule has 2 heterocycles. The predicted octanol–water partition coefficient (Wildman–Crippen LogP) is 0.542. The maximum absolute atomic E-state index is 11.4. The molecular weight excluding hydrogens is 256 g/mol. The van der Waals surface area contributed by atoms with E-state index in [0.717, 1.165) is 38.9 Å². The summed E-state index contributed by atoms with van der Waals surface area (Å²) >= 11 is 0. The standard InChI is InChI=1S/C9H16N2O2.C6H10O/c1-11-5-9(6-11)4-10-3-7(9)8(12)13-2;1-6(2)3-5(6)4-7/h7,10H,3-6H2,1-2H3;4-5H,3H2,1-2H3. The van der Waals surface area contributed by atoms with Crippen molar-refractivity contribution >= 4 is 12.3 Å². The summed E-state index contributed by atoms with van der Waals surface area (Å²) < 4.78 is 4.80. The van der Waals surface area contributed by atoms with Crippen molar-refractivity contribution in [3.05, 3.63) is 0 Å². The van der Waals surface area contributed by atoms with Gasteiger partial charge in [-0.15, -0.1) is 0 Å². The molecule has 1 aliphatic carbocycles. The van der Waals surface area contributed by atoms with E-state index in [1.165, 1.54) is 7.11 Å². The Morgan fingerprint density at radius 1 is 1.40 bits per heavy atom. The number of carbonyl (C=O) groups excluding carboxylic acids is 2. The van der Waals surface area contributed by atoms with Gasteiger partial charge in [-0.05, 0) is 18.9 Å². The minimum absolute atomic E-state index is 0.0573. The molecule has 114 valence electrons. The summed E-state index contributed by atoms with van der Waals surface area (Å²) in [6.45, 7) is 8.00. The zero-order valence-electron chi connectivity index (χ0n) is 12.9. The first-order chi connectivity index (χ1) is 9.34. The molecule has 2 aliphatic heterocycles. The fourth-order valence-corrected chi connectivity index (χ4v) is 3.38. The fraction of sp³-hybridized carbons (Fsp3) is 0.867. The largest absolute Gasteiger partial charge is 0.469 e. The average molecular weight is 282 g/mol. The fourth-order valence-electron chi connectivity index (χ4n) is 3.38. The molecule has 2 unspecified atom stereocenters. The van der Waals surface area contributed by atoms with E-state index in [-0.39, 0.29) is 17.3 Å². The summed E-state index contributed by atoms with van der Waals surface area (Å²) in [4.78, 5) is 23.7. The molecule has 5 heteroatoms. The number of carbonyl (C=O) groups is 2. The SMILES string of the molecule is CC1(C)CC1C=O.COC(=O)C1CNCC12CN(C)C2. The van der Waals surface area contributed by atoms with Crippen LogP contribution in [-0.2, 0) is 14.3 Å². The Labute approximate surface area is 121 Å². The molecular formula is C15H26N2O3. The number of esters is 1. The molecule has 2 atom stereocenters. The van der Waals surface area contributed by atoms with E-state index in [0.29, 0.717) is 11.3 Å². The molecule has 0 bridgehead atoms. The smallest absolute Gasteiger partial charge is 0.310 e. The molecule has 2 saturated heterocycles. The summed E-state index contributed by atoms with van der Waals surface area (Å²) in [6.07, 6.45) is 2.15. The molecule has 3 aliphatic rings. The Hall–Kier alpha value is -0.940. The van der Waals surface area contributed by atoms with Crippen molar-refractivity contribution in [3.63, 3.8) is 0 Å². The molecule has 0 aromatic heterocycles. The van der Waals surface area contributed by atoms with Crippen molar-refractivity contribution in [2.75, 3.05) is 40.3 Å². The van der Waals surface area contributed by atoms with Gasteiger partial charge in [-0.1, -0.05) is 13.8 Å². The average Bonchev–Trinajstić information content (AvgIpc) is 2.79. The summed E-state index contributed by atoms with van der Waals surface area (Å²) in [5.74, 6) is 0.374. The van der Waals surface area contributed by atoms with E-state index in [9.17, 15) is 9.59 Å². The monoisotopic (exact) mass is 282 g/mol. The Kier molecular flexibility index (Phi) is 4.21. The lowest BCUT2D eigenvalue weighted by atomic mass is 9.72. The van der Waals surface area contributed by atoms with Crippen LogP contribution in [0.4, 0.5) is 0 Å². The van der Waals surface area contributed by atoms with Gasteiger partial charge in [0, 0.05) is 37.5 Å². The molecule has 1 saturated carbocycles. The number of hydrogen-bond donors (Lipinski definition) is 1. The van der Waals surface area contributed by atoms with Crippen LogP contribution in [0.5, 0.6) is 0 Å². The van der Waals surface area contributed by atoms with Crippen LogP contribution < -0.4 is 5.32 Å². The summed E-state index contributed by atoms with van der Waals surface area (Å²) in [5, 5.41) is 3.27. The highest BCUT2D eigenvalue weighted by atomic mass is 16.5. The second kappa shape index (κ2) is 5.45. The van der Waals surface area contributed by atoms with Crippen molar-refractivity contribution in [1.29, 1.82) is 0 Å². The first kappa shape index (κ1) is 15.4. The third-order valence-corrected chi connectivity index (χ3v) is 4.97. The van der Waals surface area contributed by atoms with Gasteiger partial charge in [0.05, 0.1) is 13.0 Å².